The van der Waals surface area contributed by atoms with E-state index in [-0.39, 0.29) is 17.3 Å². The lowest BCUT2D eigenvalue weighted by Crippen LogP contribution is -2.06. The molecule has 0 aliphatic carbocycles. The van der Waals surface area contributed by atoms with Crippen molar-refractivity contribution in [3.63, 3.8) is 0 Å². The van der Waals surface area contributed by atoms with E-state index in [0.717, 1.165) is 5.56 Å². The van der Waals surface area contributed by atoms with Crippen molar-refractivity contribution in [1.29, 1.82) is 0 Å². The Bertz CT molecular complexity index is 1390. The largest absolute Gasteiger partial charge is 0.400 e. The van der Waals surface area contributed by atoms with Crippen LogP contribution in [0.25, 0.3) is 17.0 Å². The van der Waals surface area contributed by atoms with Crippen LogP contribution in [-0.4, -0.2) is 35.9 Å². The summed E-state index contributed by atoms with van der Waals surface area (Å²) in [5.41, 5.74) is 1.42. The molecular weight excluding hydrogens is 452 g/mol. The third-order valence-electron chi connectivity index (χ3n) is 4.16. The maximum absolute atomic E-state index is 13.1. The lowest BCUT2D eigenvalue weighted by atomic mass is 10.2. The maximum Gasteiger partial charge on any atom is 0.400 e. The summed E-state index contributed by atoms with van der Waals surface area (Å²) in [6.45, 7) is 0. The van der Waals surface area contributed by atoms with Gasteiger partial charge in [-0.3, -0.25) is 4.79 Å². The molecule has 0 N–H and O–H groups in total. The Labute approximate surface area is 180 Å². The molecule has 1 amide bonds. The number of carbonyl (C=O) groups excluding carboxylic acids is 1. The molecule has 12 heteroatoms. The molecule has 0 radical (unpaired) electrons. The average molecular weight is 466 g/mol. The van der Waals surface area contributed by atoms with E-state index in [2.05, 4.69) is 24.0 Å². The third kappa shape index (κ3) is 4.78. The number of alkyl halides is 3. The molecule has 0 bridgehead atoms. The monoisotopic (exact) mass is 465 g/mol. The molecule has 0 saturated heterocycles. The summed E-state index contributed by atoms with van der Waals surface area (Å²) in [4.78, 5) is 20.3. The Morgan fingerprint density at radius 1 is 1.26 bits per heavy atom. The first kappa shape index (κ1) is 21.1. The Morgan fingerprint density at radius 2 is 2.00 bits per heavy atom. The number of amides is 1. The fourth-order valence-corrected chi connectivity index (χ4v) is 4.21. The second-order valence-electron chi connectivity index (χ2n) is 6.71. The molecule has 4 aromatic rings. The standard InChI is InChI=1S/C19H14ClF2N5O3S/c1-31(29,11-12-5-3-2-4-6-12)26-17(28)14-10-27-8-7-13(9-15(27)23-14)16-24-18(30-25-16)19(20,21)22/h2-10H,11H2,1H3. The van der Waals surface area contributed by atoms with Crippen molar-refractivity contribution in [1.82, 2.24) is 19.5 Å². The Hall–Kier alpha value is -3.18. The van der Waals surface area contributed by atoms with Crippen molar-refractivity contribution < 1.29 is 22.3 Å². The van der Waals surface area contributed by atoms with Crippen molar-refractivity contribution in [3.8, 4) is 11.4 Å². The fourth-order valence-electron chi connectivity index (χ4n) is 2.82. The average Bonchev–Trinajstić information content (AvgIpc) is 3.34. The maximum atomic E-state index is 13.1. The Balaban J connectivity index is 1.61. The van der Waals surface area contributed by atoms with E-state index in [0.29, 0.717) is 11.2 Å². The summed E-state index contributed by atoms with van der Waals surface area (Å²) >= 11 is 4.88. The minimum absolute atomic E-state index is 0.0131. The van der Waals surface area contributed by atoms with Gasteiger partial charge in [0.1, 0.15) is 11.3 Å². The second-order valence-corrected chi connectivity index (χ2v) is 9.58. The van der Waals surface area contributed by atoms with E-state index in [1.165, 1.54) is 35.2 Å². The Morgan fingerprint density at radius 3 is 2.68 bits per heavy atom. The van der Waals surface area contributed by atoms with Gasteiger partial charge < -0.3 is 8.92 Å². The van der Waals surface area contributed by atoms with Crippen molar-refractivity contribution in [3.05, 3.63) is 72.0 Å². The van der Waals surface area contributed by atoms with Gasteiger partial charge in [-0.25, -0.2) is 9.19 Å². The van der Waals surface area contributed by atoms with E-state index in [9.17, 15) is 17.8 Å². The second kappa shape index (κ2) is 7.82. The van der Waals surface area contributed by atoms with Crippen LogP contribution in [0, 0.1) is 0 Å². The van der Waals surface area contributed by atoms with Crippen LogP contribution in [0.5, 0.6) is 0 Å². The number of carbonyl (C=O) groups is 1. The molecule has 3 heterocycles. The van der Waals surface area contributed by atoms with Gasteiger partial charge in [0.25, 0.3) is 0 Å². The summed E-state index contributed by atoms with van der Waals surface area (Å²) in [6.07, 6.45) is 4.38. The van der Waals surface area contributed by atoms with Gasteiger partial charge in [0.2, 0.25) is 5.82 Å². The first-order chi connectivity index (χ1) is 14.6. The molecule has 3 aromatic heterocycles. The molecule has 0 fully saturated rings. The van der Waals surface area contributed by atoms with Gasteiger partial charge in [-0.05, 0) is 29.3 Å². The lowest BCUT2D eigenvalue weighted by Gasteiger charge is -2.03. The molecular formula is C19H14ClF2N5O3S. The van der Waals surface area contributed by atoms with Gasteiger partial charge >= 0.3 is 17.2 Å². The summed E-state index contributed by atoms with van der Waals surface area (Å²) in [7, 11) is -2.82. The van der Waals surface area contributed by atoms with Gasteiger partial charge in [-0.2, -0.15) is 18.1 Å². The van der Waals surface area contributed by atoms with E-state index in [1.807, 2.05) is 18.2 Å². The number of nitrogens with zero attached hydrogens (tertiary/aromatic N) is 5. The van der Waals surface area contributed by atoms with E-state index < -0.39 is 26.9 Å². The van der Waals surface area contributed by atoms with Crippen LogP contribution in [0.4, 0.5) is 8.78 Å². The highest BCUT2D eigenvalue weighted by Gasteiger charge is 2.35. The highest BCUT2D eigenvalue weighted by atomic mass is 35.5. The van der Waals surface area contributed by atoms with Crippen LogP contribution in [0.15, 0.2) is 63.7 Å². The molecule has 0 spiro atoms. The number of rotatable bonds is 5. The topological polar surface area (TPSA) is 103 Å². The molecule has 4 rings (SSSR count). The van der Waals surface area contributed by atoms with Gasteiger partial charge in [-0.15, -0.1) is 0 Å². The molecule has 31 heavy (non-hydrogen) atoms. The normalized spacial score (nSPS) is 13.8. The van der Waals surface area contributed by atoms with Crippen LogP contribution >= 0.6 is 11.6 Å². The zero-order valence-corrected chi connectivity index (χ0v) is 17.5. The molecule has 1 aromatic carbocycles. The van der Waals surface area contributed by atoms with Crippen LogP contribution in [-0.2, 0) is 20.9 Å². The molecule has 1 atom stereocenters. The fraction of sp³-hybridized carbons (Fsp3) is 0.158. The van der Waals surface area contributed by atoms with Gasteiger partial charge in [0.15, 0.2) is 0 Å². The van der Waals surface area contributed by atoms with Gasteiger partial charge in [-0.1, -0.05) is 35.5 Å². The van der Waals surface area contributed by atoms with Crippen molar-refractivity contribution in [2.24, 2.45) is 4.36 Å². The number of hydrogen-bond acceptors (Lipinski definition) is 6. The number of benzene rings is 1. The van der Waals surface area contributed by atoms with Crippen LogP contribution in [0.2, 0.25) is 0 Å². The lowest BCUT2D eigenvalue weighted by molar-refractivity contribution is 0.0551. The van der Waals surface area contributed by atoms with Gasteiger partial charge in [0, 0.05) is 24.2 Å². The number of imidazole rings is 1. The molecule has 8 nitrogen and oxygen atoms in total. The Kier molecular flexibility index (Phi) is 5.31. The SMILES string of the molecule is CS(=O)(Cc1ccccc1)=NC(=O)c1cn2ccc(-c3noc(C(F)(F)Cl)n3)cc2n1. The number of aromatic nitrogens is 4. The first-order valence-electron chi connectivity index (χ1n) is 8.79. The number of pyridine rings is 1. The zero-order valence-electron chi connectivity index (χ0n) is 15.9. The predicted molar refractivity (Wildman–Crippen MR) is 109 cm³/mol. The highest BCUT2D eigenvalue weighted by molar-refractivity contribution is 7.92. The molecule has 0 aliphatic heterocycles. The number of fused-ring (bicyclic) bond motifs is 1. The van der Waals surface area contributed by atoms with Gasteiger partial charge in [0.05, 0.1) is 15.5 Å². The smallest absolute Gasteiger partial charge is 0.331 e. The van der Waals surface area contributed by atoms with Crippen LogP contribution in [0.3, 0.4) is 0 Å². The summed E-state index contributed by atoms with van der Waals surface area (Å²) in [5, 5.41) is -0.302. The molecule has 1 unspecified atom stereocenters. The first-order valence-corrected chi connectivity index (χ1v) is 11.3. The van der Waals surface area contributed by atoms with E-state index in [4.69, 9.17) is 11.6 Å². The summed E-state index contributed by atoms with van der Waals surface area (Å²) in [6, 6.07) is 12.1. The quantitative estimate of drug-likeness (QED) is 0.411. The predicted octanol–water partition coefficient (Wildman–Crippen LogP) is 4.11. The van der Waals surface area contributed by atoms with Crippen LogP contribution in [0.1, 0.15) is 21.9 Å². The molecule has 0 saturated carbocycles. The third-order valence-corrected chi connectivity index (χ3v) is 5.74. The summed E-state index contributed by atoms with van der Waals surface area (Å²) < 4.78 is 48.8. The van der Waals surface area contributed by atoms with Crippen LogP contribution < -0.4 is 0 Å². The minimum atomic E-state index is -3.78. The number of hydrogen-bond donors (Lipinski definition) is 0. The van der Waals surface area contributed by atoms with Crippen molar-refractivity contribution >= 4 is 32.9 Å². The molecule has 160 valence electrons. The van der Waals surface area contributed by atoms with Crippen molar-refractivity contribution in [2.75, 3.05) is 6.26 Å². The molecule has 0 aliphatic rings. The van der Waals surface area contributed by atoms with E-state index in [1.54, 1.807) is 12.1 Å². The zero-order chi connectivity index (χ0) is 22.2. The summed E-state index contributed by atoms with van der Waals surface area (Å²) in [5.74, 6) is -1.74. The number of halogens is 3. The van der Waals surface area contributed by atoms with Crippen molar-refractivity contribution in [2.45, 2.75) is 11.1 Å². The highest BCUT2D eigenvalue weighted by Crippen LogP contribution is 2.32. The van der Waals surface area contributed by atoms with E-state index >= 15 is 0 Å². The minimum Gasteiger partial charge on any atom is -0.331 e.